The predicted octanol–water partition coefficient (Wildman–Crippen LogP) is 0.918. The Morgan fingerprint density at radius 1 is 1.47 bits per heavy atom. The molecule has 1 saturated heterocycles. The van der Waals surface area contributed by atoms with Crippen molar-refractivity contribution in [2.75, 3.05) is 19.8 Å². The predicted molar refractivity (Wildman–Crippen MR) is 64.1 cm³/mol. The van der Waals surface area contributed by atoms with Gasteiger partial charge in [-0.1, -0.05) is 0 Å². The molecular formula is C13H18N2O2. The molecule has 0 aromatic carbocycles. The van der Waals surface area contributed by atoms with Crippen LogP contribution in [0.5, 0.6) is 5.75 Å². The summed E-state index contributed by atoms with van der Waals surface area (Å²) in [7, 11) is 0. The number of hydrogen-bond acceptors (Lipinski definition) is 4. The molecule has 2 aliphatic rings. The van der Waals surface area contributed by atoms with E-state index in [0.717, 1.165) is 25.3 Å². The molecular weight excluding hydrogens is 216 g/mol. The minimum Gasteiger partial charge on any atom is -0.490 e. The average Bonchev–Trinajstić information content (AvgIpc) is 3.07. The average molecular weight is 234 g/mol. The van der Waals surface area contributed by atoms with Crippen LogP contribution in [-0.4, -0.2) is 35.9 Å². The molecule has 1 aromatic heterocycles. The van der Waals surface area contributed by atoms with E-state index in [9.17, 15) is 0 Å². The van der Waals surface area contributed by atoms with Crippen molar-refractivity contribution in [1.29, 1.82) is 0 Å². The lowest BCUT2D eigenvalue weighted by Crippen LogP contribution is -2.46. The van der Waals surface area contributed by atoms with E-state index in [1.807, 2.05) is 6.20 Å². The van der Waals surface area contributed by atoms with Crippen molar-refractivity contribution < 1.29 is 9.84 Å². The quantitative estimate of drug-likeness (QED) is 0.795. The second-order valence-electron chi connectivity index (χ2n) is 4.99. The molecule has 1 saturated carbocycles. The van der Waals surface area contributed by atoms with Crippen LogP contribution in [0.15, 0.2) is 18.5 Å². The Bertz CT molecular complexity index is 393. The molecule has 2 fully saturated rings. The number of ether oxygens (including phenoxy) is 1. The summed E-state index contributed by atoms with van der Waals surface area (Å²) in [5, 5.41) is 12.4. The third kappa shape index (κ3) is 2.42. The number of rotatable bonds is 5. The minimum absolute atomic E-state index is 0.280. The number of nitrogens with zero attached hydrogens (tertiary/aromatic N) is 1. The van der Waals surface area contributed by atoms with E-state index in [1.165, 1.54) is 12.0 Å². The second kappa shape index (κ2) is 4.63. The molecule has 2 N–H and O–H groups in total. The van der Waals surface area contributed by atoms with E-state index < -0.39 is 0 Å². The van der Waals surface area contributed by atoms with Crippen LogP contribution < -0.4 is 10.1 Å². The van der Waals surface area contributed by atoms with Crippen molar-refractivity contribution >= 4 is 0 Å². The zero-order valence-corrected chi connectivity index (χ0v) is 9.80. The van der Waals surface area contributed by atoms with Crippen LogP contribution >= 0.6 is 0 Å². The molecule has 0 unspecified atom stereocenters. The van der Waals surface area contributed by atoms with Crippen molar-refractivity contribution in [1.82, 2.24) is 10.3 Å². The van der Waals surface area contributed by atoms with Gasteiger partial charge in [0.05, 0.1) is 6.20 Å². The Morgan fingerprint density at radius 2 is 2.35 bits per heavy atom. The molecule has 92 valence electrons. The van der Waals surface area contributed by atoms with Gasteiger partial charge in [0.15, 0.2) is 0 Å². The van der Waals surface area contributed by atoms with E-state index in [4.69, 9.17) is 9.84 Å². The first-order valence-electron chi connectivity index (χ1n) is 6.29. The smallest absolute Gasteiger partial charge is 0.137 e. The molecule has 0 amide bonds. The molecule has 1 aromatic rings. The van der Waals surface area contributed by atoms with E-state index in [0.29, 0.717) is 17.9 Å². The molecule has 0 bridgehead atoms. The van der Waals surface area contributed by atoms with Crippen molar-refractivity contribution in [3.05, 3.63) is 24.0 Å². The lowest BCUT2D eigenvalue weighted by molar-refractivity contribution is 0.216. The minimum atomic E-state index is 0.280. The number of nitrogens with one attached hydrogen (secondary N) is 1. The first-order valence-corrected chi connectivity index (χ1v) is 6.29. The SMILES string of the molecule is OC[C@@H]1C[C@@H]1c1cncc(OC[C@@H]2CCN2)c1. The summed E-state index contributed by atoms with van der Waals surface area (Å²) in [6.07, 6.45) is 5.92. The molecule has 17 heavy (non-hydrogen) atoms. The van der Waals surface area contributed by atoms with Crippen molar-refractivity contribution in [2.45, 2.75) is 24.8 Å². The maximum absolute atomic E-state index is 9.06. The van der Waals surface area contributed by atoms with Crippen LogP contribution in [0.2, 0.25) is 0 Å². The summed E-state index contributed by atoms with van der Waals surface area (Å²) in [5.74, 6) is 1.76. The highest BCUT2D eigenvalue weighted by Gasteiger charge is 2.37. The number of hydrogen-bond donors (Lipinski definition) is 2. The van der Waals surface area contributed by atoms with Crippen LogP contribution in [0.1, 0.15) is 24.3 Å². The number of aliphatic hydroxyl groups excluding tert-OH is 1. The van der Waals surface area contributed by atoms with Crippen molar-refractivity contribution in [3.8, 4) is 5.75 Å². The lowest BCUT2D eigenvalue weighted by atomic mass is 10.1. The van der Waals surface area contributed by atoms with Gasteiger partial charge < -0.3 is 15.2 Å². The lowest BCUT2D eigenvalue weighted by Gasteiger charge is -2.27. The summed E-state index contributed by atoms with van der Waals surface area (Å²) in [5.41, 5.74) is 1.20. The molecule has 0 radical (unpaired) electrons. The van der Waals surface area contributed by atoms with E-state index in [-0.39, 0.29) is 6.61 Å². The van der Waals surface area contributed by atoms with E-state index in [2.05, 4.69) is 16.4 Å². The largest absolute Gasteiger partial charge is 0.490 e. The Hall–Kier alpha value is -1.13. The van der Waals surface area contributed by atoms with Crippen LogP contribution in [0.3, 0.4) is 0 Å². The van der Waals surface area contributed by atoms with Gasteiger partial charge in [0, 0.05) is 18.8 Å². The van der Waals surface area contributed by atoms with E-state index in [1.54, 1.807) is 6.20 Å². The van der Waals surface area contributed by atoms with Crippen LogP contribution in [-0.2, 0) is 0 Å². The summed E-state index contributed by atoms with van der Waals surface area (Å²) >= 11 is 0. The molecule has 3 atom stereocenters. The molecule has 4 heteroatoms. The first-order chi connectivity index (χ1) is 8.36. The monoisotopic (exact) mass is 234 g/mol. The van der Waals surface area contributed by atoms with Gasteiger partial charge >= 0.3 is 0 Å². The van der Waals surface area contributed by atoms with Gasteiger partial charge in [-0.05, 0) is 42.9 Å². The normalized spacial score (nSPS) is 30.8. The fraction of sp³-hybridized carbons (Fsp3) is 0.615. The van der Waals surface area contributed by atoms with Gasteiger partial charge in [-0.25, -0.2) is 0 Å². The molecule has 1 aliphatic carbocycles. The number of pyridine rings is 1. The fourth-order valence-electron chi connectivity index (χ4n) is 2.26. The zero-order valence-electron chi connectivity index (χ0n) is 9.80. The standard InChI is InChI=1S/C13H18N2O2/c16-7-10-4-13(10)9-3-12(6-14-5-9)17-8-11-1-2-15-11/h3,5-6,10-11,13,15-16H,1-2,4,7-8H2/t10-,11-,13+/m0/s1. The van der Waals surface area contributed by atoms with Crippen LogP contribution in [0.25, 0.3) is 0 Å². The number of aromatic nitrogens is 1. The van der Waals surface area contributed by atoms with Gasteiger partial charge in [-0.3, -0.25) is 4.98 Å². The molecule has 2 heterocycles. The van der Waals surface area contributed by atoms with Gasteiger partial charge in [0.25, 0.3) is 0 Å². The second-order valence-corrected chi connectivity index (χ2v) is 4.99. The third-order valence-corrected chi connectivity index (χ3v) is 3.70. The molecule has 1 aliphatic heterocycles. The van der Waals surface area contributed by atoms with Gasteiger partial charge in [0.2, 0.25) is 0 Å². The summed E-state index contributed by atoms with van der Waals surface area (Å²) in [4.78, 5) is 4.21. The summed E-state index contributed by atoms with van der Waals surface area (Å²) in [6, 6.07) is 2.57. The molecule has 0 spiro atoms. The topological polar surface area (TPSA) is 54.4 Å². The maximum atomic E-state index is 9.06. The Balaban J connectivity index is 1.58. The molecule has 3 rings (SSSR count). The maximum Gasteiger partial charge on any atom is 0.137 e. The van der Waals surface area contributed by atoms with Gasteiger partial charge in [0.1, 0.15) is 12.4 Å². The number of aliphatic hydroxyl groups is 1. The van der Waals surface area contributed by atoms with Gasteiger partial charge in [-0.2, -0.15) is 0 Å². The first kappa shape index (κ1) is 11.0. The Kier molecular flexibility index (Phi) is 2.99. The third-order valence-electron chi connectivity index (χ3n) is 3.70. The highest BCUT2D eigenvalue weighted by Crippen LogP contribution is 2.47. The fourth-order valence-corrected chi connectivity index (χ4v) is 2.26. The highest BCUT2D eigenvalue weighted by molar-refractivity contribution is 5.30. The van der Waals surface area contributed by atoms with Crippen molar-refractivity contribution in [2.24, 2.45) is 5.92 Å². The summed E-state index contributed by atoms with van der Waals surface area (Å²) < 4.78 is 5.71. The van der Waals surface area contributed by atoms with Crippen LogP contribution in [0.4, 0.5) is 0 Å². The van der Waals surface area contributed by atoms with Crippen LogP contribution in [0, 0.1) is 5.92 Å². The zero-order chi connectivity index (χ0) is 11.7. The highest BCUT2D eigenvalue weighted by atomic mass is 16.5. The van der Waals surface area contributed by atoms with Gasteiger partial charge in [-0.15, -0.1) is 0 Å². The van der Waals surface area contributed by atoms with E-state index >= 15 is 0 Å². The van der Waals surface area contributed by atoms with Crippen molar-refractivity contribution in [3.63, 3.8) is 0 Å². The summed E-state index contributed by atoms with van der Waals surface area (Å²) in [6.45, 7) is 2.10. The Morgan fingerprint density at radius 3 is 3.00 bits per heavy atom. The molecule has 4 nitrogen and oxygen atoms in total. The Labute approximate surface area is 101 Å².